The number of nitrogens with one attached hydrogen (secondary N) is 3. The number of fused-ring (bicyclic) bond motifs is 2. The first-order valence-corrected chi connectivity index (χ1v) is 17.2. The number of amides is 6. The highest BCUT2D eigenvalue weighted by atomic mass is 16.2. The molecule has 3 N–H and O–H groups in total. The van der Waals surface area contributed by atoms with E-state index in [2.05, 4.69) is 25.5 Å². The molecule has 14 nitrogen and oxygen atoms in total. The Morgan fingerprint density at radius 2 is 1.75 bits per heavy atom. The van der Waals surface area contributed by atoms with Crippen molar-refractivity contribution in [3.63, 3.8) is 0 Å². The minimum atomic E-state index is -1.03. The first-order chi connectivity index (χ1) is 24.6. The maximum absolute atomic E-state index is 13.3. The summed E-state index contributed by atoms with van der Waals surface area (Å²) in [7, 11) is 3.48. The van der Waals surface area contributed by atoms with Gasteiger partial charge in [-0.2, -0.15) is 4.98 Å². The Morgan fingerprint density at radius 3 is 2.47 bits per heavy atom. The van der Waals surface area contributed by atoms with Crippen molar-refractivity contribution < 1.29 is 28.8 Å². The van der Waals surface area contributed by atoms with Crippen LogP contribution in [0.3, 0.4) is 0 Å². The van der Waals surface area contributed by atoms with Gasteiger partial charge in [0.1, 0.15) is 17.4 Å². The van der Waals surface area contributed by atoms with Gasteiger partial charge in [0.05, 0.1) is 11.1 Å². The average Bonchev–Trinajstić information content (AvgIpc) is 3.84. The van der Waals surface area contributed by atoms with Gasteiger partial charge in [-0.3, -0.25) is 39.0 Å². The van der Waals surface area contributed by atoms with E-state index in [1.807, 2.05) is 6.07 Å². The number of rotatable bonds is 10. The molecule has 1 saturated heterocycles. The largest absolute Gasteiger partial charge is 0.352 e. The number of hydrogen-bond donors (Lipinski definition) is 3. The molecule has 0 radical (unpaired) electrons. The van der Waals surface area contributed by atoms with E-state index in [1.54, 1.807) is 67.7 Å². The van der Waals surface area contributed by atoms with E-state index < -0.39 is 29.7 Å². The first-order valence-electron chi connectivity index (χ1n) is 17.2. The summed E-state index contributed by atoms with van der Waals surface area (Å²) in [6.45, 7) is 0.328. The molecule has 1 aliphatic carbocycles. The minimum Gasteiger partial charge on any atom is -0.352 e. The zero-order valence-electron chi connectivity index (χ0n) is 28.4. The molecule has 1 saturated carbocycles. The Balaban J connectivity index is 0.964. The van der Waals surface area contributed by atoms with E-state index in [4.69, 9.17) is 4.98 Å². The zero-order valence-corrected chi connectivity index (χ0v) is 28.4. The van der Waals surface area contributed by atoms with Crippen LogP contribution in [0.15, 0.2) is 54.7 Å². The highest BCUT2D eigenvalue weighted by Gasteiger charge is 2.45. The number of aryl methyl sites for hydroxylation is 1. The molecule has 1 atom stereocenters. The van der Waals surface area contributed by atoms with Crippen molar-refractivity contribution in [2.45, 2.75) is 63.5 Å². The lowest BCUT2D eigenvalue weighted by atomic mass is 9.99. The number of nitrogens with zero attached hydrogens (tertiary/aromatic N) is 5. The number of aromatic nitrogens is 3. The van der Waals surface area contributed by atoms with Crippen LogP contribution in [-0.4, -0.2) is 86.5 Å². The molecule has 0 spiro atoms. The van der Waals surface area contributed by atoms with Crippen molar-refractivity contribution in [2.75, 3.05) is 26.0 Å². The highest BCUT2D eigenvalue weighted by molar-refractivity contribution is 6.24. The summed E-state index contributed by atoms with van der Waals surface area (Å²) in [6, 6.07) is 13.0. The van der Waals surface area contributed by atoms with Gasteiger partial charge in [0.25, 0.3) is 23.6 Å². The smallest absolute Gasteiger partial charge is 0.270 e. The second-order valence-electron chi connectivity index (χ2n) is 13.4. The fraction of sp³-hybridized carbons (Fsp3) is 0.351. The average molecular weight is 691 g/mol. The number of benzene rings is 2. The van der Waals surface area contributed by atoms with Gasteiger partial charge in [0.2, 0.25) is 17.8 Å². The molecule has 0 bridgehead atoms. The van der Waals surface area contributed by atoms with Gasteiger partial charge in [-0.1, -0.05) is 25.0 Å². The minimum absolute atomic E-state index is 0.0536. The molecule has 51 heavy (non-hydrogen) atoms. The first kappa shape index (κ1) is 33.6. The molecule has 14 heteroatoms. The topological polar surface area (TPSA) is 176 Å². The molecule has 6 amide bonds. The van der Waals surface area contributed by atoms with Gasteiger partial charge in [0, 0.05) is 55.9 Å². The quantitative estimate of drug-likeness (QED) is 0.165. The van der Waals surface area contributed by atoms with Gasteiger partial charge >= 0.3 is 0 Å². The summed E-state index contributed by atoms with van der Waals surface area (Å²) in [5.74, 6) is -2.12. The summed E-state index contributed by atoms with van der Waals surface area (Å²) >= 11 is 0. The Hall–Kier alpha value is -5.92. The molecule has 4 aromatic rings. The fourth-order valence-electron chi connectivity index (χ4n) is 7.20. The van der Waals surface area contributed by atoms with Crippen LogP contribution in [0.1, 0.15) is 98.1 Å². The maximum atomic E-state index is 13.3. The summed E-state index contributed by atoms with van der Waals surface area (Å²) in [6.07, 6.45) is 7.01. The summed E-state index contributed by atoms with van der Waals surface area (Å²) in [4.78, 5) is 88.2. The summed E-state index contributed by atoms with van der Waals surface area (Å²) < 4.78 is 2.06. The third-order valence-electron chi connectivity index (χ3n) is 9.76. The molecule has 262 valence electrons. The van der Waals surface area contributed by atoms with Gasteiger partial charge in [0.15, 0.2) is 0 Å². The molecule has 4 heterocycles. The second kappa shape index (κ2) is 13.8. The van der Waals surface area contributed by atoms with Gasteiger partial charge in [-0.15, -0.1) is 0 Å². The van der Waals surface area contributed by atoms with E-state index in [1.165, 1.54) is 0 Å². The van der Waals surface area contributed by atoms with Crippen LogP contribution < -0.4 is 16.0 Å². The highest BCUT2D eigenvalue weighted by Crippen LogP contribution is 2.35. The van der Waals surface area contributed by atoms with Gasteiger partial charge in [-0.05, 0) is 74.1 Å². The predicted molar refractivity (Wildman–Crippen MR) is 187 cm³/mol. The van der Waals surface area contributed by atoms with E-state index in [-0.39, 0.29) is 41.8 Å². The predicted octanol–water partition coefficient (Wildman–Crippen LogP) is 3.76. The lowest BCUT2D eigenvalue weighted by Crippen LogP contribution is -2.54. The Morgan fingerprint density at radius 1 is 0.980 bits per heavy atom. The van der Waals surface area contributed by atoms with Crippen molar-refractivity contribution in [1.29, 1.82) is 0 Å². The Bertz CT molecular complexity index is 2080. The summed E-state index contributed by atoms with van der Waals surface area (Å²) in [5.41, 5.74) is 3.62. The van der Waals surface area contributed by atoms with Crippen molar-refractivity contribution >= 4 is 58.1 Å². The zero-order chi connectivity index (χ0) is 35.8. The molecule has 7 rings (SSSR count). The van der Waals surface area contributed by atoms with Crippen LogP contribution in [0.5, 0.6) is 0 Å². The molecule has 2 aromatic carbocycles. The molecule has 2 aliphatic heterocycles. The molecular weight excluding hydrogens is 652 g/mol. The normalized spacial score (nSPS) is 17.5. The van der Waals surface area contributed by atoms with E-state index in [9.17, 15) is 28.8 Å². The van der Waals surface area contributed by atoms with Gasteiger partial charge in [-0.25, -0.2) is 4.98 Å². The van der Waals surface area contributed by atoms with Crippen molar-refractivity contribution in [3.05, 3.63) is 82.7 Å². The van der Waals surface area contributed by atoms with Crippen LogP contribution in [0.4, 0.5) is 11.6 Å². The van der Waals surface area contributed by atoms with Crippen molar-refractivity contribution in [1.82, 2.24) is 35.0 Å². The van der Waals surface area contributed by atoms with Crippen molar-refractivity contribution in [2.24, 2.45) is 0 Å². The number of anilines is 2. The third kappa shape index (κ3) is 6.44. The molecule has 2 fully saturated rings. The van der Waals surface area contributed by atoms with Gasteiger partial charge < -0.3 is 20.1 Å². The van der Waals surface area contributed by atoms with E-state index >= 15 is 0 Å². The fourth-order valence-corrected chi connectivity index (χ4v) is 7.20. The number of imide groups is 2. The second-order valence-corrected chi connectivity index (χ2v) is 13.4. The maximum Gasteiger partial charge on any atom is 0.270 e. The van der Waals surface area contributed by atoms with Crippen LogP contribution >= 0.6 is 0 Å². The molecule has 3 aliphatic rings. The van der Waals surface area contributed by atoms with Crippen LogP contribution in [0.25, 0.3) is 11.0 Å². The molecular formula is C37H38N8O6. The standard InChI is InChI=1S/C37H38N8O6/c1-43(2)35(50)28-19-23-20-39-37(42-31(23)44(28)25-9-3-4-10-25)40-24-14-12-22(13-15-24)32(47)38-18-6-8-21-7-5-11-26-30(21)36(51)45(34(26)49)27-16-17-29(46)41-33(27)48/h5,7,11-15,19-20,25,27H,3-4,6,8-10,16-18H2,1-2H3,(H,38,47)(H,39,40,42)(H,41,46,48). The third-order valence-corrected chi connectivity index (χ3v) is 9.76. The van der Waals surface area contributed by atoms with E-state index in [0.29, 0.717) is 53.5 Å². The summed E-state index contributed by atoms with van der Waals surface area (Å²) in [5, 5.41) is 9.12. The van der Waals surface area contributed by atoms with Crippen LogP contribution in [-0.2, 0) is 16.0 Å². The molecule has 1 unspecified atom stereocenters. The Labute approximate surface area is 293 Å². The van der Waals surface area contributed by atoms with Crippen LogP contribution in [0, 0.1) is 0 Å². The lowest BCUT2D eigenvalue weighted by molar-refractivity contribution is -0.136. The lowest BCUT2D eigenvalue weighted by Gasteiger charge is -2.27. The Kier molecular flexibility index (Phi) is 9.06. The number of carbonyl (C=O) groups is 6. The molecule has 2 aromatic heterocycles. The van der Waals surface area contributed by atoms with Crippen molar-refractivity contribution in [3.8, 4) is 0 Å². The number of piperidine rings is 1. The van der Waals surface area contributed by atoms with Crippen LogP contribution in [0.2, 0.25) is 0 Å². The monoisotopic (exact) mass is 690 g/mol. The SMILES string of the molecule is CN(C)C(=O)c1cc2cnc(Nc3ccc(C(=O)NCCCc4cccc5c4C(=O)N(C4CCC(=O)NC4=O)C5=O)cc3)nc2n1C1CCCC1. The van der Waals surface area contributed by atoms with E-state index in [0.717, 1.165) is 36.0 Å². The number of carbonyl (C=O) groups excluding carboxylic acids is 6. The number of hydrogen-bond acceptors (Lipinski definition) is 9.